The molecule has 21 heavy (non-hydrogen) atoms. The lowest BCUT2D eigenvalue weighted by Gasteiger charge is -2.38. The van der Waals surface area contributed by atoms with E-state index in [4.69, 9.17) is 4.74 Å². The Hall–Kier alpha value is -2.04. The van der Waals surface area contributed by atoms with Crippen LogP contribution in [0.4, 0.5) is 4.79 Å². The van der Waals surface area contributed by atoms with E-state index >= 15 is 0 Å². The SMILES string of the molecule is C=CCNC(=O)N1C2CCC1CC(Oc1ccccn1)C2. The number of hydrogen-bond acceptors (Lipinski definition) is 3. The Kier molecular flexibility index (Phi) is 4.08. The first-order chi connectivity index (χ1) is 10.3. The van der Waals surface area contributed by atoms with Crippen LogP contribution < -0.4 is 10.1 Å². The van der Waals surface area contributed by atoms with Crippen molar-refractivity contribution in [3.8, 4) is 5.88 Å². The minimum atomic E-state index is 0.0266. The van der Waals surface area contributed by atoms with Gasteiger partial charge < -0.3 is 15.0 Å². The molecule has 0 saturated carbocycles. The minimum Gasteiger partial charge on any atom is -0.474 e. The maximum atomic E-state index is 12.2. The quantitative estimate of drug-likeness (QED) is 0.865. The number of nitrogens with zero attached hydrogens (tertiary/aromatic N) is 2. The van der Waals surface area contributed by atoms with Gasteiger partial charge in [-0.25, -0.2) is 9.78 Å². The first-order valence-corrected chi connectivity index (χ1v) is 7.52. The predicted octanol–water partition coefficient (Wildman–Crippen LogP) is 2.35. The van der Waals surface area contributed by atoms with Gasteiger partial charge in [0.05, 0.1) is 0 Å². The standard InChI is InChI=1S/C16H21N3O2/c1-2-8-18-16(20)19-12-6-7-13(19)11-14(10-12)21-15-5-3-4-9-17-15/h2-5,9,12-14H,1,6-8,10-11H2,(H,18,20). The van der Waals surface area contributed by atoms with E-state index in [1.165, 1.54) is 0 Å². The zero-order valence-corrected chi connectivity index (χ0v) is 12.1. The summed E-state index contributed by atoms with van der Waals surface area (Å²) in [6.45, 7) is 4.15. The highest BCUT2D eigenvalue weighted by Crippen LogP contribution is 2.37. The number of fused-ring (bicyclic) bond motifs is 2. The van der Waals surface area contributed by atoms with Crippen LogP contribution in [0.15, 0.2) is 37.1 Å². The van der Waals surface area contributed by atoms with Crippen molar-refractivity contribution in [3.05, 3.63) is 37.1 Å². The first-order valence-electron chi connectivity index (χ1n) is 7.52. The molecule has 2 unspecified atom stereocenters. The molecule has 1 N–H and O–H groups in total. The van der Waals surface area contributed by atoms with E-state index in [0.29, 0.717) is 12.4 Å². The van der Waals surface area contributed by atoms with Gasteiger partial charge in [0.2, 0.25) is 5.88 Å². The number of rotatable bonds is 4. The lowest BCUT2D eigenvalue weighted by molar-refractivity contribution is 0.0664. The Balaban J connectivity index is 1.61. The van der Waals surface area contributed by atoms with Crippen molar-refractivity contribution in [3.63, 3.8) is 0 Å². The number of carbonyl (C=O) groups excluding carboxylic acids is 1. The number of nitrogens with one attached hydrogen (secondary N) is 1. The van der Waals surface area contributed by atoms with E-state index in [0.717, 1.165) is 25.7 Å². The Bertz CT molecular complexity index is 492. The zero-order chi connectivity index (χ0) is 14.7. The number of carbonyl (C=O) groups is 1. The summed E-state index contributed by atoms with van der Waals surface area (Å²) in [6, 6.07) is 6.27. The molecule has 0 radical (unpaired) electrons. The summed E-state index contributed by atoms with van der Waals surface area (Å²) in [7, 11) is 0. The molecule has 1 aromatic heterocycles. The van der Waals surface area contributed by atoms with Crippen LogP contribution >= 0.6 is 0 Å². The minimum absolute atomic E-state index is 0.0266. The van der Waals surface area contributed by atoms with Crippen LogP contribution in [0.1, 0.15) is 25.7 Å². The highest BCUT2D eigenvalue weighted by molar-refractivity contribution is 5.75. The summed E-state index contributed by atoms with van der Waals surface area (Å²) in [5.74, 6) is 0.673. The van der Waals surface area contributed by atoms with Gasteiger partial charge in [-0.2, -0.15) is 0 Å². The average molecular weight is 287 g/mol. The lowest BCUT2D eigenvalue weighted by atomic mass is 10.00. The first kappa shape index (κ1) is 13.9. The molecule has 0 aliphatic carbocycles. The van der Waals surface area contributed by atoms with E-state index in [-0.39, 0.29) is 24.2 Å². The molecule has 112 valence electrons. The van der Waals surface area contributed by atoms with Gasteiger partial charge in [-0.1, -0.05) is 12.1 Å². The number of pyridine rings is 1. The second-order valence-corrected chi connectivity index (χ2v) is 5.65. The molecule has 2 fully saturated rings. The van der Waals surface area contributed by atoms with Crippen LogP contribution in [-0.2, 0) is 0 Å². The van der Waals surface area contributed by atoms with Crippen LogP contribution in [0.3, 0.4) is 0 Å². The van der Waals surface area contributed by atoms with Gasteiger partial charge in [0.25, 0.3) is 0 Å². The molecule has 3 heterocycles. The Morgan fingerprint density at radius 1 is 1.43 bits per heavy atom. The predicted molar refractivity (Wildman–Crippen MR) is 80.1 cm³/mol. The van der Waals surface area contributed by atoms with E-state index < -0.39 is 0 Å². The summed E-state index contributed by atoms with van der Waals surface area (Å²) in [4.78, 5) is 18.4. The fourth-order valence-corrected chi connectivity index (χ4v) is 3.39. The van der Waals surface area contributed by atoms with Gasteiger partial charge in [-0.15, -0.1) is 6.58 Å². The van der Waals surface area contributed by atoms with Crippen molar-refractivity contribution in [2.45, 2.75) is 43.9 Å². The summed E-state index contributed by atoms with van der Waals surface area (Å²) in [5.41, 5.74) is 0. The molecule has 2 aliphatic rings. The monoisotopic (exact) mass is 287 g/mol. The normalized spacial score (nSPS) is 27.2. The number of piperidine rings is 1. The number of hydrogen-bond donors (Lipinski definition) is 1. The Morgan fingerprint density at radius 2 is 2.19 bits per heavy atom. The lowest BCUT2D eigenvalue weighted by Crippen LogP contribution is -2.52. The second kappa shape index (κ2) is 6.16. The molecule has 5 nitrogen and oxygen atoms in total. The summed E-state index contributed by atoms with van der Waals surface area (Å²) in [5, 5.41) is 2.88. The van der Waals surface area contributed by atoms with Crippen LogP contribution in [0.25, 0.3) is 0 Å². The third-order valence-corrected chi connectivity index (χ3v) is 4.25. The van der Waals surface area contributed by atoms with Crippen LogP contribution in [0.2, 0.25) is 0 Å². The Labute approximate surface area is 125 Å². The third kappa shape index (κ3) is 3.01. The van der Waals surface area contributed by atoms with E-state index in [1.807, 2.05) is 23.1 Å². The molecular weight excluding hydrogens is 266 g/mol. The number of aromatic nitrogens is 1. The number of urea groups is 1. The molecule has 2 aliphatic heterocycles. The van der Waals surface area contributed by atoms with Crippen molar-refractivity contribution in [1.29, 1.82) is 0 Å². The summed E-state index contributed by atoms with van der Waals surface area (Å²) in [6.07, 6.45) is 7.49. The van der Waals surface area contributed by atoms with Crippen molar-refractivity contribution >= 4 is 6.03 Å². The van der Waals surface area contributed by atoms with Gasteiger partial charge >= 0.3 is 6.03 Å². The van der Waals surface area contributed by atoms with Crippen molar-refractivity contribution in [2.75, 3.05) is 6.54 Å². The molecule has 2 atom stereocenters. The largest absolute Gasteiger partial charge is 0.474 e. The molecule has 2 saturated heterocycles. The van der Waals surface area contributed by atoms with E-state index in [2.05, 4.69) is 16.9 Å². The number of amides is 2. The fourth-order valence-electron chi connectivity index (χ4n) is 3.39. The van der Waals surface area contributed by atoms with Gasteiger partial charge in [0.1, 0.15) is 6.10 Å². The molecule has 5 heteroatoms. The zero-order valence-electron chi connectivity index (χ0n) is 12.1. The maximum Gasteiger partial charge on any atom is 0.318 e. The number of ether oxygens (including phenoxy) is 1. The van der Waals surface area contributed by atoms with Gasteiger partial charge in [0, 0.05) is 43.7 Å². The molecule has 2 bridgehead atoms. The maximum absolute atomic E-state index is 12.2. The van der Waals surface area contributed by atoms with E-state index in [9.17, 15) is 4.79 Å². The summed E-state index contributed by atoms with van der Waals surface area (Å²) >= 11 is 0. The molecule has 1 aromatic rings. The van der Waals surface area contributed by atoms with Gasteiger partial charge in [0.15, 0.2) is 0 Å². The summed E-state index contributed by atoms with van der Waals surface area (Å²) < 4.78 is 5.96. The van der Waals surface area contributed by atoms with Gasteiger partial charge in [-0.3, -0.25) is 0 Å². The molecule has 2 amide bonds. The van der Waals surface area contributed by atoms with Gasteiger partial charge in [-0.05, 0) is 18.9 Å². The highest BCUT2D eigenvalue weighted by atomic mass is 16.5. The second-order valence-electron chi connectivity index (χ2n) is 5.65. The molecular formula is C16H21N3O2. The molecule has 3 rings (SSSR count). The smallest absolute Gasteiger partial charge is 0.318 e. The highest BCUT2D eigenvalue weighted by Gasteiger charge is 2.44. The Morgan fingerprint density at radius 3 is 2.81 bits per heavy atom. The van der Waals surface area contributed by atoms with Crippen molar-refractivity contribution in [2.24, 2.45) is 0 Å². The van der Waals surface area contributed by atoms with Crippen molar-refractivity contribution < 1.29 is 9.53 Å². The fraction of sp³-hybridized carbons (Fsp3) is 0.500. The molecule has 0 spiro atoms. The van der Waals surface area contributed by atoms with Crippen LogP contribution in [0, 0.1) is 0 Å². The van der Waals surface area contributed by atoms with Crippen molar-refractivity contribution in [1.82, 2.24) is 15.2 Å². The topological polar surface area (TPSA) is 54.5 Å². The van der Waals surface area contributed by atoms with E-state index in [1.54, 1.807) is 12.3 Å². The molecule has 0 aromatic carbocycles. The third-order valence-electron chi connectivity index (χ3n) is 4.25. The average Bonchev–Trinajstić information content (AvgIpc) is 2.77. The van der Waals surface area contributed by atoms with Crippen LogP contribution in [-0.4, -0.2) is 40.6 Å². The van der Waals surface area contributed by atoms with Crippen LogP contribution in [0.5, 0.6) is 5.88 Å².